The van der Waals surface area contributed by atoms with Crippen LogP contribution in [-0.4, -0.2) is 54.0 Å². The van der Waals surface area contributed by atoms with E-state index in [9.17, 15) is 14.8 Å². The summed E-state index contributed by atoms with van der Waals surface area (Å²) in [7, 11) is 0. The van der Waals surface area contributed by atoms with Crippen LogP contribution in [0.3, 0.4) is 0 Å². The monoisotopic (exact) mass is 352 g/mol. The third-order valence-electron chi connectivity index (χ3n) is 4.06. The largest absolute Gasteiger partial charge is 0.618 e. The van der Waals surface area contributed by atoms with E-state index < -0.39 is 0 Å². The number of carbonyl (C=O) groups excluding carboxylic acids is 2. The molecule has 3 rings (SSSR count). The van der Waals surface area contributed by atoms with Gasteiger partial charge in [0.1, 0.15) is 0 Å². The Bertz CT molecular complexity index is 803. The predicted molar refractivity (Wildman–Crippen MR) is 98.6 cm³/mol. The van der Waals surface area contributed by atoms with Gasteiger partial charge in [0.15, 0.2) is 6.21 Å². The summed E-state index contributed by atoms with van der Waals surface area (Å²) in [6.07, 6.45) is 1.46. The summed E-state index contributed by atoms with van der Waals surface area (Å²) >= 11 is 0. The number of amides is 3. The van der Waals surface area contributed by atoms with Crippen molar-refractivity contribution in [2.24, 2.45) is 0 Å². The fraction of sp³-hybridized carbons (Fsp3) is 0.211. The molecule has 0 unspecified atom stereocenters. The Labute approximate surface area is 151 Å². The van der Waals surface area contributed by atoms with Gasteiger partial charge in [0.05, 0.1) is 0 Å². The van der Waals surface area contributed by atoms with Crippen molar-refractivity contribution >= 4 is 23.8 Å². The summed E-state index contributed by atoms with van der Waals surface area (Å²) in [4.78, 5) is 25.2. The van der Waals surface area contributed by atoms with E-state index >= 15 is 0 Å². The van der Waals surface area contributed by atoms with Crippen molar-refractivity contribution in [3.8, 4) is 0 Å². The highest BCUT2D eigenvalue weighted by Crippen LogP contribution is 2.10. The van der Waals surface area contributed by atoms with E-state index in [0.29, 0.717) is 43.0 Å². The first kappa shape index (κ1) is 17.5. The number of para-hydroxylation sites is 1. The Morgan fingerprint density at radius 3 is 2.58 bits per heavy atom. The van der Waals surface area contributed by atoms with E-state index in [-0.39, 0.29) is 11.9 Å². The Morgan fingerprint density at radius 1 is 1.19 bits per heavy atom. The average Bonchev–Trinajstić information content (AvgIpc) is 3.08. The molecule has 1 heterocycles. The van der Waals surface area contributed by atoms with Gasteiger partial charge in [0, 0.05) is 49.4 Å². The standard InChI is InChI=1S/C19H20N4O3/c24-18(20-10-12-22-13-11-21-19(22)25)16-8-6-15(7-9-16)14-23(26)17-4-2-1-3-5-17/h1-9,14H,10-13H2,(H,20,24)(H,21,25). The molecule has 1 saturated heterocycles. The summed E-state index contributed by atoms with van der Waals surface area (Å²) < 4.78 is 0.788. The normalized spacial score (nSPS) is 14.2. The van der Waals surface area contributed by atoms with Crippen LogP contribution in [0.5, 0.6) is 0 Å². The fourth-order valence-electron chi connectivity index (χ4n) is 2.64. The average molecular weight is 352 g/mol. The Morgan fingerprint density at radius 2 is 1.92 bits per heavy atom. The molecule has 1 fully saturated rings. The third kappa shape index (κ3) is 4.38. The van der Waals surface area contributed by atoms with Crippen LogP contribution in [0.2, 0.25) is 0 Å². The summed E-state index contributed by atoms with van der Waals surface area (Å²) in [6.45, 7) is 2.17. The number of nitrogens with zero attached hydrogens (tertiary/aromatic N) is 2. The Kier molecular flexibility index (Phi) is 5.48. The van der Waals surface area contributed by atoms with Crippen molar-refractivity contribution in [3.05, 3.63) is 70.9 Å². The zero-order valence-corrected chi connectivity index (χ0v) is 14.2. The van der Waals surface area contributed by atoms with Crippen LogP contribution < -0.4 is 10.6 Å². The number of rotatable bonds is 6. The summed E-state index contributed by atoms with van der Waals surface area (Å²) in [5.74, 6) is -0.210. The molecule has 0 atom stereocenters. The van der Waals surface area contributed by atoms with Gasteiger partial charge < -0.3 is 20.7 Å². The number of urea groups is 1. The second kappa shape index (κ2) is 8.15. The van der Waals surface area contributed by atoms with E-state index in [1.54, 1.807) is 53.4 Å². The smallest absolute Gasteiger partial charge is 0.317 e. The minimum atomic E-state index is -0.210. The van der Waals surface area contributed by atoms with Crippen LogP contribution in [0.4, 0.5) is 10.5 Å². The second-order valence-corrected chi connectivity index (χ2v) is 5.89. The van der Waals surface area contributed by atoms with Crippen LogP contribution in [0, 0.1) is 5.21 Å². The van der Waals surface area contributed by atoms with Gasteiger partial charge in [-0.05, 0) is 24.3 Å². The molecule has 2 N–H and O–H groups in total. The molecule has 0 saturated carbocycles. The van der Waals surface area contributed by atoms with Crippen LogP contribution in [0.25, 0.3) is 0 Å². The van der Waals surface area contributed by atoms with Crippen LogP contribution >= 0.6 is 0 Å². The quantitative estimate of drug-likeness (QED) is 0.359. The van der Waals surface area contributed by atoms with Gasteiger partial charge in [-0.15, -0.1) is 0 Å². The van der Waals surface area contributed by atoms with Gasteiger partial charge >= 0.3 is 6.03 Å². The molecule has 0 bridgehead atoms. The van der Waals surface area contributed by atoms with Crippen LogP contribution in [0.1, 0.15) is 15.9 Å². The van der Waals surface area contributed by atoms with E-state index in [4.69, 9.17) is 0 Å². The van der Waals surface area contributed by atoms with Crippen molar-refractivity contribution in [2.75, 3.05) is 26.2 Å². The molecule has 2 aromatic carbocycles. The molecule has 7 nitrogen and oxygen atoms in total. The lowest BCUT2D eigenvalue weighted by Gasteiger charge is -2.14. The molecular formula is C19H20N4O3. The van der Waals surface area contributed by atoms with E-state index in [1.807, 2.05) is 6.07 Å². The van der Waals surface area contributed by atoms with E-state index in [2.05, 4.69) is 10.6 Å². The first-order chi connectivity index (χ1) is 12.6. The Hall–Kier alpha value is -3.35. The van der Waals surface area contributed by atoms with Gasteiger partial charge in [0.25, 0.3) is 5.91 Å². The zero-order chi connectivity index (χ0) is 18.4. The third-order valence-corrected chi connectivity index (χ3v) is 4.06. The van der Waals surface area contributed by atoms with Crippen molar-refractivity contribution < 1.29 is 14.3 Å². The topological polar surface area (TPSA) is 87.5 Å². The molecule has 0 spiro atoms. The lowest BCUT2D eigenvalue weighted by atomic mass is 10.1. The number of hydrogen-bond donors (Lipinski definition) is 2. The van der Waals surface area contributed by atoms with Gasteiger partial charge in [-0.2, -0.15) is 4.74 Å². The second-order valence-electron chi connectivity index (χ2n) is 5.89. The maximum Gasteiger partial charge on any atom is 0.317 e. The van der Waals surface area contributed by atoms with Crippen molar-refractivity contribution in [1.29, 1.82) is 0 Å². The van der Waals surface area contributed by atoms with Gasteiger partial charge in [0.2, 0.25) is 5.69 Å². The molecule has 3 amide bonds. The number of benzene rings is 2. The summed E-state index contributed by atoms with van der Waals surface area (Å²) in [5.41, 5.74) is 1.75. The van der Waals surface area contributed by atoms with Gasteiger partial charge in [-0.25, -0.2) is 4.79 Å². The lowest BCUT2D eigenvalue weighted by molar-refractivity contribution is -0.354. The number of carbonyl (C=O) groups is 2. The lowest BCUT2D eigenvalue weighted by Crippen LogP contribution is -2.36. The van der Waals surface area contributed by atoms with Crippen molar-refractivity contribution in [3.63, 3.8) is 0 Å². The molecule has 0 aromatic heterocycles. The van der Waals surface area contributed by atoms with Crippen LogP contribution in [-0.2, 0) is 0 Å². The molecule has 1 aliphatic rings. The molecule has 0 aliphatic carbocycles. The number of nitrogens with one attached hydrogen (secondary N) is 2. The van der Waals surface area contributed by atoms with E-state index in [1.165, 1.54) is 6.21 Å². The first-order valence-corrected chi connectivity index (χ1v) is 8.41. The van der Waals surface area contributed by atoms with Gasteiger partial charge in [-0.1, -0.05) is 18.2 Å². The summed E-state index contributed by atoms with van der Waals surface area (Å²) in [6, 6.07) is 15.6. The molecular weight excluding hydrogens is 332 g/mol. The minimum absolute atomic E-state index is 0.0975. The molecule has 1 aliphatic heterocycles. The van der Waals surface area contributed by atoms with E-state index in [0.717, 1.165) is 4.74 Å². The molecule has 0 radical (unpaired) electrons. The molecule has 134 valence electrons. The highest BCUT2D eigenvalue weighted by atomic mass is 16.5. The molecule has 26 heavy (non-hydrogen) atoms. The Balaban J connectivity index is 1.55. The zero-order valence-electron chi connectivity index (χ0n) is 14.2. The highest BCUT2D eigenvalue weighted by molar-refractivity contribution is 5.94. The van der Waals surface area contributed by atoms with Crippen LogP contribution in [0.15, 0.2) is 54.6 Å². The summed E-state index contributed by atoms with van der Waals surface area (Å²) in [5, 5.41) is 17.6. The van der Waals surface area contributed by atoms with Crippen molar-refractivity contribution in [1.82, 2.24) is 15.5 Å². The molecule has 2 aromatic rings. The molecule has 7 heteroatoms. The van der Waals surface area contributed by atoms with Crippen molar-refractivity contribution in [2.45, 2.75) is 0 Å². The first-order valence-electron chi connectivity index (χ1n) is 8.41. The predicted octanol–water partition coefficient (Wildman–Crippen LogP) is 1.70. The van der Waals surface area contributed by atoms with Gasteiger partial charge in [-0.3, -0.25) is 4.79 Å². The highest BCUT2D eigenvalue weighted by Gasteiger charge is 2.18. The maximum absolute atomic E-state index is 12.1. The minimum Gasteiger partial charge on any atom is -0.618 e. The number of hydrogen-bond acceptors (Lipinski definition) is 3. The maximum atomic E-state index is 12.1. The fourth-order valence-corrected chi connectivity index (χ4v) is 2.64. The SMILES string of the molecule is O=C(NCCN1CCNC1=O)c1ccc(C=[N+]([O-])c2ccccc2)cc1.